The van der Waals surface area contributed by atoms with Crippen LogP contribution in [0.4, 0.5) is 5.69 Å². The predicted molar refractivity (Wildman–Crippen MR) is 76.4 cm³/mol. The lowest BCUT2D eigenvalue weighted by atomic mass is 10.1. The summed E-state index contributed by atoms with van der Waals surface area (Å²) in [6, 6.07) is 5.52. The summed E-state index contributed by atoms with van der Waals surface area (Å²) >= 11 is 0.691. The molecule has 1 heterocycles. The molecule has 0 atom stereocenters. The molecule has 19 heavy (non-hydrogen) atoms. The van der Waals surface area contributed by atoms with E-state index in [9.17, 15) is 13.2 Å². The fourth-order valence-electron chi connectivity index (χ4n) is 1.80. The number of thiazole rings is 1. The first kappa shape index (κ1) is 13.8. The normalized spacial score (nSPS) is 11.5. The molecule has 0 fully saturated rings. The van der Waals surface area contributed by atoms with Crippen molar-refractivity contribution in [3.63, 3.8) is 0 Å². The molecule has 5 nitrogen and oxygen atoms in total. The third kappa shape index (κ3) is 2.71. The molecule has 2 aromatic rings. The van der Waals surface area contributed by atoms with Gasteiger partial charge in [0.25, 0.3) is 10.0 Å². The van der Waals surface area contributed by atoms with E-state index in [-0.39, 0.29) is 9.08 Å². The van der Waals surface area contributed by atoms with Gasteiger partial charge in [-0.05, 0) is 31.9 Å². The summed E-state index contributed by atoms with van der Waals surface area (Å²) in [4.78, 5) is 13.3. The Balaban J connectivity index is 2.48. The van der Waals surface area contributed by atoms with E-state index in [1.165, 1.54) is 0 Å². The smallest absolute Gasteiger partial charge is 0.306 e. The minimum absolute atomic E-state index is 0.0279. The zero-order valence-electron chi connectivity index (χ0n) is 10.8. The highest BCUT2D eigenvalue weighted by Gasteiger charge is 2.21. The van der Waals surface area contributed by atoms with E-state index in [1.54, 1.807) is 6.92 Å². The average Bonchev–Trinajstić information content (AvgIpc) is 2.64. The summed E-state index contributed by atoms with van der Waals surface area (Å²) in [5, 5.41) is 0. The molecule has 0 radical (unpaired) electrons. The highest BCUT2D eigenvalue weighted by atomic mass is 32.2. The molecule has 2 N–H and O–H groups in total. The molecule has 1 aromatic carbocycles. The number of nitrogens with one attached hydrogen (secondary N) is 2. The Kier molecular flexibility index (Phi) is 3.51. The molecular weight excluding hydrogens is 284 g/mol. The maximum Gasteiger partial charge on any atom is 0.306 e. The van der Waals surface area contributed by atoms with Gasteiger partial charge in [0, 0.05) is 5.69 Å². The fraction of sp³-hybridized carbons (Fsp3) is 0.250. The molecule has 0 aliphatic rings. The maximum atomic E-state index is 12.3. The van der Waals surface area contributed by atoms with Crippen LogP contribution in [0.2, 0.25) is 0 Å². The SMILES string of the molecule is Cc1cccc(C)c1NS(=O)(=O)c1sc(=O)[nH]c1C. The van der Waals surface area contributed by atoms with Crippen LogP contribution < -0.4 is 9.60 Å². The molecular formula is C12H14N2O3S2. The van der Waals surface area contributed by atoms with Gasteiger partial charge in [-0.1, -0.05) is 29.5 Å². The van der Waals surface area contributed by atoms with Crippen LogP contribution in [-0.2, 0) is 10.0 Å². The Hall–Kier alpha value is -1.60. The van der Waals surface area contributed by atoms with Crippen molar-refractivity contribution >= 4 is 27.0 Å². The van der Waals surface area contributed by atoms with E-state index in [1.807, 2.05) is 32.0 Å². The van der Waals surface area contributed by atoms with Gasteiger partial charge in [-0.25, -0.2) is 8.42 Å². The van der Waals surface area contributed by atoms with Crippen molar-refractivity contribution in [3.8, 4) is 0 Å². The lowest BCUT2D eigenvalue weighted by molar-refractivity contribution is 0.602. The van der Waals surface area contributed by atoms with Gasteiger partial charge in [0.05, 0.1) is 5.69 Å². The maximum absolute atomic E-state index is 12.3. The van der Waals surface area contributed by atoms with Crippen molar-refractivity contribution in [2.75, 3.05) is 4.72 Å². The Morgan fingerprint density at radius 3 is 2.21 bits per heavy atom. The number of rotatable bonds is 3. The van der Waals surface area contributed by atoms with E-state index in [2.05, 4.69) is 9.71 Å². The minimum atomic E-state index is -3.73. The largest absolute Gasteiger partial charge is 0.315 e. The lowest BCUT2D eigenvalue weighted by Gasteiger charge is -2.12. The van der Waals surface area contributed by atoms with Crippen LogP contribution >= 0.6 is 11.3 Å². The number of para-hydroxylation sites is 1. The number of hydrogen-bond donors (Lipinski definition) is 2. The molecule has 0 saturated heterocycles. The van der Waals surface area contributed by atoms with Crippen LogP contribution in [0, 0.1) is 20.8 Å². The van der Waals surface area contributed by atoms with Crippen LogP contribution in [-0.4, -0.2) is 13.4 Å². The molecule has 102 valence electrons. The second kappa shape index (κ2) is 4.82. The number of anilines is 1. The first-order valence-corrected chi connectivity index (χ1v) is 7.90. The van der Waals surface area contributed by atoms with Gasteiger partial charge in [0.2, 0.25) is 0 Å². The number of aryl methyl sites for hydroxylation is 3. The monoisotopic (exact) mass is 298 g/mol. The van der Waals surface area contributed by atoms with Crippen LogP contribution in [0.15, 0.2) is 27.2 Å². The molecule has 0 amide bonds. The summed E-state index contributed by atoms with van der Waals surface area (Å²) in [6.07, 6.45) is 0. The minimum Gasteiger partial charge on any atom is -0.315 e. The highest BCUT2D eigenvalue weighted by Crippen LogP contribution is 2.25. The highest BCUT2D eigenvalue weighted by molar-refractivity contribution is 7.94. The van der Waals surface area contributed by atoms with Gasteiger partial charge in [0.15, 0.2) is 4.21 Å². The van der Waals surface area contributed by atoms with Gasteiger partial charge < -0.3 is 4.98 Å². The molecule has 0 saturated carbocycles. The summed E-state index contributed by atoms with van der Waals surface area (Å²) < 4.78 is 27.1. The molecule has 0 aliphatic carbocycles. The Morgan fingerprint density at radius 1 is 1.16 bits per heavy atom. The number of benzene rings is 1. The Bertz CT molecular complexity index is 752. The van der Waals surface area contributed by atoms with Crippen LogP contribution in [0.5, 0.6) is 0 Å². The van der Waals surface area contributed by atoms with Crippen molar-refractivity contribution in [1.29, 1.82) is 0 Å². The molecule has 7 heteroatoms. The van der Waals surface area contributed by atoms with Gasteiger partial charge >= 0.3 is 4.87 Å². The number of sulfonamides is 1. The number of hydrogen-bond acceptors (Lipinski definition) is 4. The second-order valence-corrected chi connectivity index (χ2v) is 7.16. The third-order valence-corrected chi connectivity index (χ3v) is 5.70. The van der Waals surface area contributed by atoms with Crippen molar-refractivity contribution in [2.45, 2.75) is 25.0 Å². The van der Waals surface area contributed by atoms with Gasteiger partial charge in [-0.2, -0.15) is 0 Å². The number of aromatic nitrogens is 1. The zero-order valence-corrected chi connectivity index (χ0v) is 12.4. The van der Waals surface area contributed by atoms with E-state index in [0.29, 0.717) is 22.7 Å². The van der Waals surface area contributed by atoms with E-state index in [4.69, 9.17) is 0 Å². The van der Waals surface area contributed by atoms with Gasteiger partial charge in [0.1, 0.15) is 0 Å². The predicted octanol–water partition coefficient (Wildman–Crippen LogP) is 2.16. The number of aromatic amines is 1. The molecule has 0 spiro atoms. The average molecular weight is 298 g/mol. The van der Waals surface area contributed by atoms with Crippen molar-refractivity contribution < 1.29 is 8.42 Å². The molecule has 2 rings (SSSR count). The van der Waals surface area contributed by atoms with E-state index >= 15 is 0 Å². The summed E-state index contributed by atoms with van der Waals surface area (Å²) in [5.74, 6) is 0. The van der Waals surface area contributed by atoms with Crippen molar-refractivity contribution in [1.82, 2.24) is 4.98 Å². The number of H-pyrrole nitrogens is 1. The summed E-state index contributed by atoms with van der Waals surface area (Å²) in [6.45, 7) is 5.23. The van der Waals surface area contributed by atoms with Crippen molar-refractivity contribution in [2.24, 2.45) is 0 Å². The fourth-order valence-corrected chi connectivity index (χ4v) is 4.31. The molecule has 0 bridgehead atoms. The standard InChI is InChI=1S/C12H14N2O3S2/c1-7-5-4-6-8(2)10(7)14-19(16,17)11-9(3)13-12(15)18-11/h4-6,14H,1-3H3,(H,13,15). The first-order valence-electron chi connectivity index (χ1n) is 5.60. The summed E-state index contributed by atoms with van der Waals surface area (Å²) in [5.41, 5.74) is 2.59. The molecule has 1 aromatic heterocycles. The topological polar surface area (TPSA) is 79.0 Å². The van der Waals surface area contributed by atoms with E-state index in [0.717, 1.165) is 11.1 Å². The van der Waals surface area contributed by atoms with Crippen molar-refractivity contribution in [3.05, 3.63) is 44.7 Å². The van der Waals surface area contributed by atoms with Crippen LogP contribution in [0.25, 0.3) is 0 Å². The van der Waals surface area contributed by atoms with Gasteiger partial charge in [-0.15, -0.1) is 0 Å². The third-order valence-electron chi connectivity index (χ3n) is 2.74. The first-order chi connectivity index (χ1) is 8.81. The Morgan fingerprint density at radius 2 is 1.74 bits per heavy atom. The zero-order chi connectivity index (χ0) is 14.2. The second-order valence-electron chi connectivity index (χ2n) is 4.30. The lowest BCUT2D eigenvalue weighted by Crippen LogP contribution is -2.14. The molecule has 0 aliphatic heterocycles. The Labute approximate surface area is 115 Å². The quantitative estimate of drug-likeness (QED) is 0.911. The van der Waals surface area contributed by atoms with Crippen LogP contribution in [0.1, 0.15) is 16.8 Å². The van der Waals surface area contributed by atoms with Crippen LogP contribution in [0.3, 0.4) is 0 Å². The van der Waals surface area contributed by atoms with Gasteiger partial charge in [-0.3, -0.25) is 9.52 Å². The molecule has 0 unspecified atom stereocenters. The summed E-state index contributed by atoms with van der Waals surface area (Å²) in [7, 11) is -3.73. The van der Waals surface area contributed by atoms with E-state index < -0.39 is 10.0 Å².